The van der Waals surface area contributed by atoms with Crippen LogP contribution in [0.5, 0.6) is 0 Å². The van der Waals surface area contributed by atoms with Crippen LogP contribution >= 0.6 is 11.8 Å². The number of allylic oxidation sites excluding steroid dienone is 2. The molecule has 164 valence electrons. The van der Waals surface area contributed by atoms with E-state index in [9.17, 15) is 9.18 Å². The van der Waals surface area contributed by atoms with Crippen molar-refractivity contribution in [1.29, 1.82) is 0 Å². The number of nitrogens with zero attached hydrogens (tertiary/aromatic N) is 1. The molecule has 31 heavy (non-hydrogen) atoms. The lowest BCUT2D eigenvalue weighted by Gasteiger charge is -2.21. The molecule has 0 spiro atoms. The zero-order chi connectivity index (χ0) is 22.4. The summed E-state index contributed by atoms with van der Waals surface area (Å²) in [5.74, 6) is -0.197. The van der Waals surface area contributed by atoms with Crippen molar-refractivity contribution in [2.24, 2.45) is 0 Å². The number of rotatable bonds is 9. The van der Waals surface area contributed by atoms with Gasteiger partial charge in [-0.25, -0.2) is 4.39 Å². The highest BCUT2D eigenvalue weighted by Gasteiger charge is 2.27. The summed E-state index contributed by atoms with van der Waals surface area (Å²) in [7, 11) is 0. The Bertz CT molecular complexity index is 995. The fraction of sp³-hybridized carbons (Fsp3) is 0.346. The number of amides is 1. The number of carbonyl (C=O) groups is 1. The molecule has 0 saturated heterocycles. The Labute approximate surface area is 189 Å². The number of nitrogens with one attached hydrogen (secondary N) is 1. The van der Waals surface area contributed by atoms with E-state index in [2.05, 4.69) is 48.8 Å². The van der Waals surface area contributed by atoms with Crippen LogP contribution in [-0.2, 0) is 4.79 Å². The maximum Gasteiger partial charge on any atom is 0.227 e. The van der Waals surface area contributed by atoms with Crippen molar-refractivity contribution in [3.63, 3.8) is 0 Å². The molecule has 3 nitrogen and oxygen atoms in total. The first-order valence-corrected chi connectivity index (χ1v) is 12.1. The van der Waals surface area contributed by atoms with Gasteiger partial charge in [0.1, 0.15) is 5.82 Å². The lowest BCUT2D eigenvalue weighted by atomic mass is 10.0. The Morgan fingerprint density at radius 3 is 2.52 bits per heavy atom. The number of thioether (sulfide) groups is 1. The fourth-order valence-corrected chi connectivity index (χ4v) is 4.37. The van der Waals surface area contributed by atoms with Crippen molar-refractivity contribution in [2.45, 2.75) is 32.1 Å². The minimum absolute atomic E-state index is 0.0792. The van der Waals surface area contributed by atoms with Crippen LogP contribution in [0.15, 0.2) is 52.9 Å². The number of hydrogen-bond donors (Lipinski definition) is 1. The SMILES string of the molecule is CCNCCN(CC)C(=O)CC1=C(C)/C(=C/c2ccc(SC)cc2)c2ccc(F)cc21. The standard InChI is InChI=1S/C26H31FN2OS/c1-5-28-13-14-29(6-2)26(30)17-24-18(3)23(22-12-9-20(27)16-25(22)24)15-19-7-10-21(31-4)11-8-19/h7-12,15-16,28H,5-6,13-14,17H2,1-4H3/b23-15-. The van der Waals surface area contributed by atoms with E-state index in [0.717, 1.165) is 46.5 Å². The van der Waals surface area contributed by atoms with Gasteiger partial charge in [0.25, 0.3) is 0 Å². The highest BCUT2D eigenvalue weighted by Crippen LogP contribution is 2.44. The van der Waals surface area contributed by atoms with E-state index in [-0.39, 0.29) is 18.1 Å². The van der Waals surface area contributed by atoms with Gasteiger partial charge in [0, 0.05) is 24.5 Å². The molecule has 0 unspecified atom stereocenters. The second-order valence-electron chi connectivity index (χ2n) is 7.63. The summed E-state index contributed by atoms with van der Waals surface area (Å²) < 4.78 is 14.1. The van der Waals surface area contributed by atoms with E-state index >= 15 is 0 Å². The Kier molecular flexibility index (Phi) is 8.10. The average molecular weight is 439 g/mol. The minimum atomic E-state index is -0.276. The van der Waals surface area contributed by atoms with Crippen LogP contribution in [0.1, 0.15) is 43.9 Å². The minimum Gasteiger partial charge on any atom is -0.341 e. The van der Waals surface area contributed by atoms with E-state index in [1.165, 1.54) is 11.0 Å². The van der Waals surface area contributed by atoms with E-state index in [0.29, 0.717) is 13.1 Å². The fourth-order valence-electron chi connectivity index (χ4n) is 3.96. The molecule has 0 bridgehead atoms. The quantitative estimate of drug-likeness (QED) is 0.401. The molecule has 0 heterocycles. The summed E-state index contributed by atoms with van der Waals surface area (Å²) in [5, 5.41) is 3.27. The Balaban J connectivity index is 1.93. The molecule has 0 aromatic heterocycles. The van der Waals surface area contributed by atoms with E-state index < -0.39 is 0 Å². The summed E-state index contributed by atoms with van der Waals surface area (Å²) in [6.07, 6.45) is 4.48. The van der Waals surface area contributed by atoms with Crippen molar-refractivity contribution in [2.75, 3.05) is 32.4 Å². The highest BCUT2D eigenvalue weighted by atomic mass is 32.2. The van der Waals surface area contributed by atoms with Crippen molar-refractivity contribution < 1.29 is 9.18 Å². The molecule has 1 N–H and O–H groups in total. The van der Waals surface area contributed by atoms with Crippen molar-refractivity contribution in [1.82, 2.24) is 10.2 Å². The highest BCUT2D eigenvalue weighted by molar-refractivity contribution is 7.98. The van der Waals surface area contributed by atoms with E-state index in [1.54, 1.807) is 17.8 Å². The van der Waals surface area contributed by atoms with Crippen molar-refractivity contribution >= 4 is 34.9 Å². The maximum atomic E-state index is 14.1. The zero-order valence-corrected chi connectivity index (χ0v) is 19.6. The second kappa shape index (κ2) is 10.8. The molecule has 0 saturated carbocycles. The van der Waals surface area contributed by atoms with Crippen LogP contribution in [0.4, 0.5) is 4.39 Å². The third-order valence-corrected chi connectivity index (χ3v) is 6.49. The van der Waals surface area contributed by atoms with Gasteiger partial charge >= 0.3 is 0 Å². The predicted molar refractivity (Wildman–Crippen MR) is 131 cm³/mol. The number of fused-ring (bicyclic) bond motifs is 1. The number of hydrogen-bond acceptors (Lipinski definition) is 3. The molecule has 0 aliphatic heterocycles. The molecule has 3 rings (SSSR count). The molecule has 1 aliphatic rings. The lowest BCUT2D eigenvalue weighted by molar-refractivity contribution is -0.129. The molecular formula is C26H31FN2OS. The van der Waals surface area contributed by atoms with Crippen LogP contribution in [0, 0.1) is 5.82 Å². The van der Waals surface area contributed by atoms with Crippen LogP contribution in [0.2, 0.25) is 0 Å². The van der Waals surface area contributed by atoms with Gasteiger partial charge < -0.3 is 10.2 Å². The van der Waals surface area contributed by atoms with E-state index in [1.807, 2.05) is 24.8 Å². The summed E-state index contributed by atoms with van der Waals surface area (Å²) >= 11 is 1.71. The molecule has 2 aromatic carbocycles. The van der Waals surface area contributed by atoms with Gasteiger partial charge in [-0.15, -0.1) is 11.8 Å². The predicted octanol–water partition coefficient (Wildman–Crippen LogP) is 5.72. The van der Waals surface area contributed by atoms with Crippen LogP contribution in [-0.4, -0.2) is 43.2 Å². The first kappa shape index (κ1) is 23.3. The van der Waals surface area contributed by atoms with Crippen LogP contribution in [0.25, 0.3) is 17.2 Å². The Morgan fingerprint density at radius 1 is 1.13 bits per heavy atom. The number of carbonyl (C=O) groups excluding carboxylic acids is 1. The normalized spacial score (nSPS) is 14.3. The van der Waals surface area contributed by atoms with Gasteiger partial charge in [0.15, 0.2) is 0 Å². The van der Waals surface area contributed by atoms with Crippen LogP contribution < -0.4 is 5.32 Å². The van der Waals surface area contributed by atoms with Crippen molar-refractivity contribution in [3.8, 4) is 0 Å². The third-order valence-electron chi connectivity index (χ3n) is 5.75. The molecule has 0 fully saturated rings. The topological polar surface area (TPSA) is 32.3 Å². The monoisotopic (exact) mass is 438 g/mol. The summed E-state index contributed by atoms with van der Waals surface area (Å²) in [4.78, 5) is 16.1. The lowest BCUT2D eigenvalue weighted by Crippen LogP contribution is -2.36. The van der Waals surface area contributed by atoms with E-state index in [4.69, 9.17) is 0 Å². The van der Waals surface area contributed by atoms with Crippen LogP contribution in [0.3, 0.4) is 0 Å². The van der Waals surface area contributed by atoms with Gasteiger partial charge in [-0.05, 0) is 90.4 Å². The molecule has 0 radical (unpaired) electrons. The number of halogens is 1. The molecular weight excluding hydrogens is 407 g/mol. The molecule has 1 amide bonds. The smallest absolute Gasteiger partial charge is 0.227 e. The molecule has 1 aliphatic carbocycles. The summed E-state index contributed by atoms with van der Waals surface area (Å²) in [6, 6.07) is 13.3. The van der Waals surface area contributed by atoms with Gasteiger partial charge in [-0.2, -0.15) is 0 Å². The molecule has 5 heteroatoms. The largest absolute Gasteiger partial charge is 0.341 e. The first-order chi connectivity index (χ1) is 15.0. The number of benzene rings is 2. The zero-order valence-electron chi connectivity index (χ0n) is 18.8. The maximum absolute atomic E-state index is 14.1. The Morgan fingerprint density at radius 2 is 1.87 bits per heavy atom. The number of likely N-dealkylation sites (N-methyl/N-ethyl adjacent to an activating group) is 2. The summed E-state index contributed by atoms with van der Waals surface area (Å²) in [5.41, 5.74) is 5.95. The van der Waals surface area contributed by atoms with Gasteiger partial charge in [-0.1, -0.05) is 25.1 Å². The van der Waals surface area contributed by atoms with Gasteiger partial charge in [0.05, 0.1) is 6.42 Å². The summed E-state index contributed by atoms with van der Waals surface area (Å²) in [6.45, 7) is 9.09. The van der Waals surface area contributed by atoms with Gasteiger partial charge in [-0.3, -0.25) is 4.79 Å². The molecule has 2 aromatic rings. The van der Waals surface area contributed by atoms with Gasteiger partial charge in [0.2, 0.25) is 5.91 Å². The second-order valence-corrected chi connectivity index (χ2v) is 8.51. The average Bonchev–Trinajstić information content (AvgIpc) is 3.02. The Hall–Kier alpha value is -2.37. The molecule has 0 atom stereocenters. The first-order valence-electron chi connectivity index (χ1n) is 10.8. The third kappa shape index (κ3) is 5.46. The van der Waals surface area contributed by atoms with Crippen molar-refractivity contribution in [3.05, 3.63) is 70.5 Å².